The fourth-order valence-corrected chi connectivity index (χ4v) is 3.11. The fourth-order valence-electron chi connectivity index (χ4n) is 3.11. The molecule has 0 aliphatic heterocycles. The summed E-state index contributed by atoms with van der Waals surface area (Å²) in [7, 11) is 3.97. The first kappa shape index (κ1) is 14.5. The van der Waals surface area contributed by atoms with Crippen molar-refractivity contribution in [3.05, 3.63) is 11.8 Å². The third-order valence-electron chi connectivity index (χ3n) is 4.57. The third-order valence-corrected chi connectivity index (χ3v) is 4.57. The normalized spacial score (nSPS) is 27.5. The zero-order valence-corrected chi connectivity index (χ0v) is 12.3. The first-order valence-electron chi connectivity index (χ1n) is 7.49. The maximum Gasteiger partial charge on any atom is 0.240 e. The molecule has 2 rings (SSSR count). The van der Waals surface area contributed by atoms with Crippen LogP contribution in [0.4, 0.5) is 0 Å². The minimum absolute atomic E-state index is 0.213. The van der Waals surface area contributed by atoms with Crippen LogP contribution in [-0.2, 0) is 4.79 Å². The Bertz CT molecular complexity index is 345. The molecule has 0 aromatic carbocycles. The summed E-state index contributed by atoms with van der Waals surface area (Å²) < 4.78 is 0. The molecule has 4 heteroatoms. The summed E-state index contributed by atoms with van der Waals surface area (Å²) in [4.78, 5) is 16.3. The van der Waals surface area contributed by atoms with Gasteiger partial charge in [-0.25, -0.2) is 0 Å². The van der Waals surface area contributed by atoms with Gasteiger partial charge in [0.15, 0.2) is 0 Å². The molecular weight excluding hydrogens is 238 g/mol. The molecule has 0 radical (unpaired) electrons. The van der Waals surface area contributed by atoms with Crippen molar-refractivity contribution in [1.82, 2.24) is 9.80 Å². The van der Waals surface area contributed by atoms with E-state index in [1.165, 1.54) is 12.1 Å². The van der Waals surface area contributed by atoms with E-state index in [4.69, 9.17) is 5.73 Å². The third kappa shape index (κ3) is 3.80. The van der Waals surface area contributed by atoms with Crippen molar-refractivity contribution in [2.24, 2.45) is 5.73 Å². The number of likely N-dealkylation sites (N-methyl/N-ethyl adjacent to an activating group) is 2. The van der Waals surface area contributed by atoms with Crippen LogP contribution in [0.3, 0.4) is 0 Å². The lowest BCUT2D eigenvalue weighted by Crippen LogP contribution is -2.43. The van der Waals surface area contributed by atoms with Crippen LogP contribution in [0, 0.1) is 0 Å². The summed E-state index contributed by atoms with van der Waals surface area (Å²) in [5, 5.41) is 0. The monoisotopic (exact) mass is 265 g/mol. The number of nitrogens with zero attached hydrogens (tertiary/aromatic N) is 2. The summed E-state index contributed by atoms with van der Waals surface area (Å²) in [5.41, 5.74) is 7.13. The quantitative estimate of drug-likeness (QED) is 0.842. The second-order valence-electron chi connectivity index (χ2n) is 6.02. The zero-order valence-electron chi connectivity index (χ0n) is 12.3. The Kier molecular flexibility index (Phi) is 4.99. The predicted octanol–water partition coefficient (Wildman–Crippen LogP) is 1.71. The summed E-state index contributed by atoms with van der Waals surface area (Å²) in [6.45, 7) is 0.522. The molecule has 0 bridgehead atoms. The van der Waals surface area contributed by atoms with Gasteiger partial charge in [-0.3, -0.25) is 9.69 Å². The Labute approximate surface area is 116 Å². The Morgan fingerprint density at radius 3 is 2.58 bits per heavy atom. The van der Waals surface area contributed by atoms with Crippen LogP contribution in [0.25, 0.3) is 0 Å². The molecule has 1 saturated carbocycles. The molecule has 0 saturated heterocycles. The SMILES string of the molecule is CN(C(=O)CN(C)C1CCC(N)CC1)C1=CCCC1. The van der Waals surface area contributed by atoms with Gasteiger partial charge in [-0.15, -0.1) is 0 Å². The number of carbonyl (C=O) groups excluding carboxylic acids is 1. The molecule has 0 atom stereocenters. The van der Waals surface area contributed by atoms with E-state index >= 15 is 0 Å². The number of nitrogens with two attached hydrogens (primary N) is 1. The number of amides is 1. The Balaban J connectivity index is 1.81. The topological polar surface area (TPSA) is 49.6 Å². The largest absolute Gasteiger partial charge is 0.328 e. The number of carbonyl (C=O) groups is 1. The van der Waals surface area contributed by atoms with Gasteiger partial charge >= 0.3 is 0 Å². The highest BCUT2D eigenvalue weighted by Gasteiger charge is 2.25. The van der Waals surface area contributed by atoms with Crippen LogP contribution < -0.4 is 5.73 Å². The molecule has 108 valence electrons. The highest BCUT2D eigenvalue weighted by Crippen LogP contribution is 2.23. The molecule has 2 N–H and O–H groups in total. The van der Waals surface area contributed by atoms with Crippen LogP contribution in [-0.4, -0.2) is 48.4 Å². The van der Waals surface area contributed by atoms with E-state index in [1.54, 1.807) is 0 Å². The zero-order chi connectivity index (χ0) is 13.8. The van der Waals surface area contributed by atoms with Crippen LogP contribution in [0.5, 0.6) is 0 Å². The van der Waals surface area contributed by atoms with Crippen molar-refractivity contribution in [2.45, 2.75) is 57.0 Å². The summed E-state index contributed by atoms with van der Waals surface area (Å²) in [6, 6.07) is 0.890. The average molecular weight is 265 g/mol. The van der Waals surface area contributed by atoms with E-state index in [9.17, 15) is 4.79 Å². The molecule has 2 aliphatic rings. The minimum atomic E-state index is 0.213. The lowest BCUT2D eigenvalue weighted by Gasteiger charge is -2.34. The second-order valence-corrected chi connectivity index (χ2v) is 6.02. The van der Waals surface area contributed by atoms with Crippen molar-refractivity contribution < 1.29 is 4.79 Å². The van der Waals surface area contributed by atoms with E-state index in [2.05, 4.69) is 18.0 Å². The number of hydrogen-bond acceptors (Lipinski definition) is 3. The first-order chi connectivity index (χ1) is 9.08. The lowest BCUT2D eigenvalue weighted by molar-refractivity contribution is -0.129. The molecule has 0 heterocycles. The molecule has 0 aromatic rings. The van der Waals surface area contributed by atoms with Gasteiger partial charge in [-0.2, -0.15) is 0 Å². The van der Waals surface area contributed by atoms with Gasteiger partial charge in [-0.05, 0) is 52.0 Å². The van der Waals surface area contributed by atoms with Crippen molar-refractivity contribution in [3.8, 4) is 0 Å². The second kappa shape index (κ2) is 6.53. The highest BCUT2D eigenvalue weighted by atomic mass is 16.2. The minimum Gasteiger partial charge on any atom is -0.328 e. The molecular formula is C15H27N3O. The fraction of sp³-hybridized carbons (Fsp3) is 0.800. The number of hydrogen-bond donors (Lipinski definition) is 1. The van der Waals surface area contributed by atoms with E-state index in [0.29, 0.717) is 18.6 Å². The Morgan fingerprint density at radius 1 is 1.32 bits per heavy atom. The summed E-state index contributed by atoms with van der Waals surface area (Å²) in [6.07, 6.45) is 9.96. The standard InChI is InChI=1S/C15H27N3O/c1-17(13-9-7-12(16)8-10-13)11-15(19)18(2)14-5-3-4-6-14/h5,12-13H,3-4,6-11,16H2,1-2H3. The van der Waals surface area contributed by atoms with Crippen molar-refractivity contribution in [3.63, 3.8) is 0 Å². The molecule has 4 nitrogen and oxygen atoms in total. The van der Waals surface area contributed by atoms with Crippen molar-refractivity contribution >= 4 is 5.91 Å². The average Bonchev–Trinajstić information content (AvgIpc) is 2.92. The van der Waals surface area contributed by atoms with Crippen LogP contribution >= 0.6 is 0 Å². The smallest absolute Gasteiger partial charge is 0.240 e. The maximum atomic E-state index is 12.3. The van der Waals surface area contributed by atoms with Crippen LogP contribution in [0.15, 0.2) is 11.8 Å². The Hall–Kier alpha value is -0.870. The molecule has 0 spiro atoms. The van der Waals surface area contributed by atoms with E-state index in [0.717, 1.165) is 38.5 Å². The number of rotatable bonds is 4. The molecule has 1 amide bonds. The van der Waals surface area contributed by atoms with Gasteiger partial charge in [0.2, 0.25) is 5.91 Å². The van der Waals surface area contributed by atoms with Gasteiger partial charge in [0.1, 0.15) is 0 Å². The molecule has 0 aromatic heterocycles. The van der Waals surface area contributed by atoms with Gasteiger partial charge < -0.3 is 10.6 Å². The lowest BCUT2D eigenvalue weighted by atomic mass is 9.91. The maximum absolute atomic E-state index is 12.3. The molecule has 19 heavy (non-hydrogen) atoms. The summed E-state index contributed by atoms with van der Waals surface area (Å²) in [5.74, 6) is 0.213. The van der Waals surface area contributed by atoms with Crippen molar-refractivity contribution in [1.29, 1.82) is 0 Å². The van der Waals surface area contributed by atoms with Gasteiger partial charge in [0, 0.05) is 24.8 Å². The van der Waals surface area contributed by atoms with E-state index in [1.807, 2.05) is 11.9 Å². The van der Waals surface area contributed by atoms with Gasteiger partial charge in [0.05, 0.1) is 6.54 Å². The molecule has 0 unspecified atom stereocenters. The van der Waals surface area contributed by atoms with E-state index < -0.39 is 0 Å². The predicted molar refractivity (Wildman–Crippen MR) is 77.6 cm³/mol. The molecule has 1 fully saturated rings. The van der Waals surface area contributed by atoms with E-state index in [-0.39, 0.29) is 5.91 Å². The van der Waals surface area contributed by atoms with Gasteiger partial charge in [0.25, 0.3) is 0 Å². The van der Waals surface area contributed by atoms with Crippen molar-refractivity contribution in [2.75, 3.05) is 20.6 Å². The Morgan fingerprint density at radius 2 is 2.00 bits per heavy atom. The van der Waals surface area contributed by atoms with Gasteiger partial charge in [-0.1, -0.05) is 6.08 Å². The number of allylic oxidation sites excluding steroid dienone is 2. The first-order valence-corrected chi connectivity index (χ1v) is 7.49. The van der Waals surface area contributed by atoms with Crippen LogP contribution in [0.2, 0.25) is 0 Å². The molecule has 2 aliphatic carbocycles. The van der Waals surface area contributed by atoms with Crippen LogP contribution in [0.1, 0.15) is 44.9 Å². The highest BCUT2D eigenvalue weighted by molar-refractivity contribution is 5.79. The summed E-state index contributed by atoms with van der Waals surface area (Å²) >= 11 is 0.